The Morgan fingerprint density at radius 2 is 1.63 bits per heavy atom. The van der Waals surface area contributed by atoms with E-state index in [-0.39, 0.29) is 12.0 Å². The predicted molar refractivity (Wildman–Crippen MR) is 77.8 cm³/mol. The number of allylic oxidation sites excluding steroid dienone is 2. The standard InChI is InChI=1S/C16H30F2O/c1-5-6-9-12-16(17,18)13-10-7-8-11-14-19-15(2,3)4/h9,12H,5-8,10-11,13-14H2,1-4H3/b12-9+. The van der Waals surface area contributed by atoms with Gasteiger partial charge in [0.05, 0.1) is 5.60 Å². The summed E-state index contributed by atoms with van der Waals surface area (Å²) < 4.78 is 32.3. The zero-order valence-corrected chi connectivity index (χ0v) is 13.0. The third-order valence-corrected chi connectivity index (χ3v) is 2.76. The third-order valence-electron chi connectivity index (χ3n) is 2.76. The maximum Gasteiger partial charge on any atom is 0.266 e. The van der Waals surface area contributed by atoms with E-state index in [9.17, 15) is 8.78 Å². The van der Waals surface area contributed by atoms with Crippen LogP contribution in [0.1, 0.15) is 72.6 Å². The molecule has 0 unspecified atom stereocenters. The zero-order chi connectivity index (χ0) is 14.8. The van der Waals surface area contributed by atoms with Gasteiger partial charge in [-0.05, 0) is 46.1 Å². The van der Waals surface area contributed by atoms with Crippen LogP contribution in [-0.2, 0) is 4.74 Å². The van der Waals surface area contributed by atoms with Crippen molar-refractivity contribution < 1.29 is 13.5 Å². The van der Waals surface area contributed by atoms with Crippen molar-refractivity contribution in [3.63, 3.8) is 0 Å². The number of ether oxygens (including phenoxy) is 1. The Hall–Kier alpha value is -0.440. The highest BCUT2D eigenvalue weighted by molar-refractivity contribution is 4.94. The maximum absolute atomic E-state index is 13.4. The van der Waals surface area contributed by atoms with E-state index < -0.39 is 5.92 Å². The Morgan fingerprint density at radius 3 is 2.21 bits per heavy atom. The van der Waals surface area contributed by atoms with E-state index in [1.807, 2.05) is 27.7 Å². The fraction of sp³-hybridized carbons (Fsp3) is 0.875. The Labute approximate surface area is 117 Å². The molecule has 0 amide bonds. The van der Waals surface area contributed by atoms with Crippen LogP contribution in [0.3, 0.4) is 0 Å². The lowest BCUT2D eigenvalue weighted by atomic mass is 10.1. The van der Waals surface area contributed by atoms with Crippen LogP contribution < -0.4 is 0 Å². The van der Waals surface area contributed by atoms with Crippen LogP contribution in [0.25, 0.3) is 0 Å². The predicted octanol–water partition coefficient (Wildman–Crippen LogP) is 5.74. The summed E-state index contributed by atoms with van der Waals surface area (Å²) in [5.74, 6) is -2.63. The lowest BCUT2D eigenvalue weighted by Gasteiger charge is -2.19. The summed E-state index contributed by atoms with van der Waals surface area (Å²) >= 11 is 0. The molecule has 0 spiro atoms. The monoisotopic (exact) mass is 276 g/mol. The molecule has 0 aliphatic carbocycles. The molecule has 0 aromatic heterocycles. The van der Waals surface area contributed by atoms with Gasteiger partial charge < -0.3 is 4.74 Å². The van der Waals surface area contributed by atoms with Crippen molar-refractivity contribution in [2.75, 3.05) is 6.61 Å². The van der Waals surface area contributed by atoms with Gasteiger partial charge in [0, 0.05) is 13.0 Å². The molecule has 0 aliphatic rings. The minimum absolute atomic E-state index is 0.0344. The van der Waals surface area contributed by atoms with Crippen LogP contribution in [0.5, 0.6) is 0 Å². The van der Waals surface area contributed by atoms with E-state index in [0.29, 0.717) is 6.42 Å². The van der Waals surface area contributed by atoms with Crippen molar-refractivity contribution in [1.29, 1.82) is 0 Å². The van der Waals surface area contributed by atoms with E-state index in [1.165, 1.54) is 0 Å². The average molecular weight is 276 g/mol. The highest BCUT2D eigenvalue weighted by atomic mass is 19.3. The van der Waals surface area contributed by atoms with Gasteiger partial charge in [-0.2, -0.15) is 0 Å². The minimum Gasteiger partial charge on any atom is -0.376 e. The normalized spacial score (nSPS) is 13.4. The number of rotatable bonds is 10. The average Bonchev–Trinajstić information content (AvgIpc) is 2.26. The summed E-state index contributed by atoms with van der Waals surface area (Å²) in [7, 11) is 0. The van der Waals surface area contributed by atoms with Crippen LogP contribution in [0.2, 0.25) is 0 Å². The first-order chi connectivity index (χ1) is 8.77. The number of hydrogen-bond acceptors (Lipinski definition) is 1. The van der Waals surface area contributed by atoms with Crippen molar-refractivity contribution in [2.24, 2.45) is 0 Å². The van der Waals surface area contributed by atoms with Gasteiger partial charge in [0.15, 0.2) is 0 Å². The second-order valence-corrected chi connectivity index (χ2v) is 6.08. The molecule has 19 heavy (non-hydrogen) atoms. The maximum atomic E-state index is 13.4. The molecule has 0 radical (unpaired) electrons. The third kappa shape index (κ3) is 13.8. The molecular formula is C16H30F2O. The lowest BCUT2D eigenvalue weighted by Crippen LogP contribution is -2.19. The molecule has 0 bridgehead atoms. The van der Waals surface area contributed by atoms with Gasteiger partial charge in [0.2, 0.25) is 0 Å². The Balaban J connectivity index is 3.52. The summed E-state index contributed by atoms with van der Waals surface area (Å²) in [6.45, 7) is 8.78. The first kappa shape index (κ1) is 18.6. The molecule has 0 fully saturated rings. The second kappa shape index (κ2) is 9.46. The second-order valence-electron chi connectivity index (χ2n) is 6.08. The number of hydrogen-bond donors (Lipinski definition) is 0. The van der Waals surface area contributed by atoms with Gasteiger partial charge in [-0.15, -0.1) is 0 Å². The minimum atomic E-state index is -2.63. The zero-order valence-electron chi connectivity index (χ0n) is 13.0. The Morgan fingerprint density at radius 1 is 1.00 bits per heavy atom. The first-order valence-corrected chi connectivity index (χ1v) is 7.46. The fourth-order valence-electron chi connectivity index (χ4n) is 1.70. The van der Waals surface area contributed by atoms with E-state index >= 15 is 0 Å². The van der Waals surface area contributed by atoms with Crippen LogP contribution in [0.4, 0.5) is 8.78 Å². The van der Waals surface area contributed by atoms with Crippen LogP contribution in [-0.4, -0.2) is 18.1 Å². The molecule has 0 aromatic carbocycles. The van der Waals surface area contributed by atoms with Crippen molar-refractivity contribution in [3.8, 4) is 0 Å². The topological polar surface area (TPSA) is 9.23 Å². The van der Waals surface area contributed by atoms with Crippen molar-refractivity contribution in [1.82, 2.24) is 0 Å². The van der Waals surface area contributed by atoms with E-state index in [0.717, 1.165) is 44.8 Å². The van der Waals surface area contributed by atoms with Gasteiger partial charge in [0.25, 0.3) is 5.92 Å². The fourth-order valence-corrected chi connectivity index (χ4v) is 1.70. The van der Waals surface area contributed by atoms with Gasteiger partial charge in [0.1, 0.15) is 0 Å². The van der Waals surface area contributed by atoms with E-state index in [1.54, 1.807) is 6.08 Å². The van der Waals surface area contributed by atoms with E-state index in [4.69, 9.17) is 4.74 Å². The molecular weight excluding hydrogens is 246 g/mol. The van der Waals surface area contributed by atoms with Crippen molar-refractivity contribution >= 4 is 0 Å². The Kier molecular flexibility index (Phi) is 9.24. The smallest absolute Gasteiger partial charge is 0.266 e. The molecule has 0 saturated heterocycles. The molecule has 0 N–H and O–H groups in total. The summed E-state index contributed by atoms with van der Waals surface area (Å²) in [6, 6.07) is 0. The number of halogens is 2. The van der Waals surface area contributed by atoms with Gasteiger partial charge in [-0.1, -0.05) is 32.3 Å². The van der Waals surface area contributed by atoms with Gasteiger partial charge in [-0.3, -0.25) is 0 Å². The molecule has 0 saturated carbocycles. The molecule has 0 heterocycles. The lowest BCUT2D eigenvalue weighted by molar-refractivity contribution is -0.00499. The molecule has 3 heteroatoms. The summed E-state index contributed by atoms with van der Waals surface area (Å²) in [5.41, 5.74) is -0.100. The largest absolute Gasteiger partial charge is 0.376 e. The van der Waals surface area contributed by atoms with Gasteiger partial charge >= 0.3 is 0 Å². The molecule has 0 aromatic rings. The molecule has 1 nitrogen and oxygen atoms in total. The highest BCUT2D eigenvalue weighted by Gasteiger charge is 2.23. The summed E-state index contributed by atoms with van der Waals surface area (Å²) in [4.78, 5) is 0. The Bertz CT molecular complexity index is 242. The van der Waals surface area contributed by atoms with E-state index in [2.05, 4.69) is 0 Å². The number of alkyl halides is 2. The molecule has 114 valence electrons. The van der Waals surface area contributed by atoms with Crippen molar-refractivity contribution in [2.45, 2.75) is 84.2 Å². The summed E-state index contributed by atoms with van der Waals surface area (Å²) in [6.07, 6.45) is 7.63. The quantitative estimate of drug-likeness (QED) is 0.365. The SMILES string of the molecule is CCC/C=C/C(F)(F)CCCCCCOC(C)(C)C. The highest BCUT2D eigenvalue weighted by Crippen LogP contribution is 2.24. The summed E-state index contributed by atoms with van der Waals surface area (Å²) in [5, 5.41) is 0. The molecule has 0 aliphatic heterocycles. The number of unbranched alkanes of at least 4 members (excludes halogenated alkanes) is 4. The molecule has 0 rings (SSSR count). The molecule has 0 atom stereocenters. The van der Waals surface area contributed by atoms with Gasteiger partial charge in [-0.25, -0.2) is 8.78 Å². The van der Waals surface area contributed by atoms with Crippen LogP contribution in [0, 0.1) is 0 Å². The van der Waals surface area contributed by atoms with Crippen molar-refractivity contribution in [3.05, 3.63) is 12.2 Å². The van der Waals surface area contributed by atoms with Crippen LogP contribution >= 0.6 is 0 Å². The first-order valence-electron chi connectivity index (χ1n) is 7.46. The van der Waals surface area contributed by atoms with Crippen LogP contribution in [0.15, 0.2) is 12.2 Å².